The van der Waals surface area contributed by atoms with Crippen LogP contribution < -0.4 is 4.74 Å². The smallest absolute Gasteiger partial charge is 0.120 e. The maximum atomic E-state index is 9.81. The van der Waals surface area contributed by atoms with Gasteiger partial charge < -0.3 is 9.84 Å². The van der Waals surface area contributed by atoms with E-state index >= 15 is 0 Å². The van der Waals surface area contributed by atoms with Gasteiger partial charge in [-0.15, -0.1) is 0 Å². The van der Waals surface area contributed by atoms with Crippen LogP contribution in [0.2, 0.25) is 0 Å². The van der Waals surface area contributed by atoms with Crippen molar-refractivity contribution in [3.05, 3.63) is 29.8 Å². The fourth-order valence-electron chi connectivity index (χ4n) is 1.58. The first-order valence-electron chi connectivity index (χ1n) is 5.97. The first-order chi connectivity index (χ1) is 9.69. The normalized spacial score (nSPS) is 11.2. The van der Waals surface area contributed by atoms with Crippen LogP contribution in [0.1, 0.15) is 5.56 Å². The summed E-state index contributed by atoms with van der Waals surface area (Å²) < 4.78 is 5.37. The van der Waals surface area contributed by atoms with Gasteiger partial charge in [-0.3, -0.25) is 4.90 Å². The van der Waals surface area contributed by atoms with E-state index in [9.17, 15) is 5.11 Å². The van der Waals surface area contributed by atoms with E-state index in [0.717, 1.165) is 0 Å². The fraction of sp³-hybridized carbons (Fsp3) is 0.357. The molecule has 1 atom stereocenters. The van der Waals surface area contributed by atoms with Gasteiger partial charge in [0.1, 0.15) is 18.5 Å². The number of hydrogen-bond donors (Lipinski definition) is 1. The number of nitrogens with zero attached hydrogens (tertiary/aromatic N) is 4. The summed E-state index contributed by atoms with van der Waals surface area (Å²) >= 11 is 0. The Kier molecular flexibility index (Phi) is 6.57. The van der Waals surface area contributed by atoms with E-state index < -0.39 is 6.10 Å². The Morgan fingerprint density at radius 2 is 1.90 bits per heavy atom. The zero-order valence-electron chi connectivity index (χ0n) is 10.9. The van der Waals surface area contributed by atoms with Crippen molar-refractivity contribution in [2.24, 2.45) is 0 Å². The Bertz CT molecular complexity index is 538. The second-order valence-electron chi connectivity index (χ2n) is 4.09. The minimum absolute atomic E-state index is 0.0300. The lowest BCUT2D eigenvalue weighted by molar-refractivity contribution is 0.0763. The van der Waals surface area contributed by atoms with Gasteiger partial charge in [0.25, 0.3) is 0 Å². The molecule has 0 saturated carbocycles. The molecule has 0 aliphatic carbocycles. The highest BCUT2D eigenvalue weighted by Gasteiger charge is 2.12. The molecule has 6 heteroatoms. The average Bonchev–Trinajstić information content (AvgIpc) is 2.46. The molecule has 0 aliphatic heterocycles. The minimum atomic E-state index is -0.817. The second kappa shape index (κ2) is 8.50. The Balaban J connectivity index is 2.46. The predicted octanol–water partition coefficient (Wildman–Crippen LogP) is 0.647. The molecule has 0 aromatic heterocycles. The molecule has 0 radical (unpaired) electrons. The third kappa shape index (κ3) is 5.37. The summed E-state index contributed by atoms with van der Waals surface area (Å²) in [6.07, 6.45) is -0.817. The zero-order chi connectivity index (χ0) is 14.8. The van der Waals surface area contributed by atoms with Gasteiger partial charge in [-0.1, -0.05) is 6.07 Å². The Morgan fingerprint density at radius 1 is 1.20 bits per heavy atom. The lowest BCUT2D eigenvalue weighted by Gasteiger charge is -2.19. The summed E-state index contributed by atoms with van der Waals surface area (Å²) in [5, 5.41) is 35.8. The van der Waals surface area contributed by atoms with Gasteiger partial charge in [0, 0.05) is 6.54 Å². The summed E-state index contributed by atoms with van der Waals surface area (Å²) in [5.74, 6) is 0.496. The molecule has 20 heavy (non-hydrogen) atoms. The fourth-order valence-corrected chi connectivity index (χ4v) is 1.58. The van der Waals surface area contributed by atoms with Crippen LogP contribution in [0.3, 0.4) is 0 Å². The van der Waals surface area contributed by atoms with Gasteiger partial charge in [0.15, 0.2) is 0 Å². The number of aliphatic hydroxyl groups is 1. The lowest BCUT2D eigenvalue weighted by atomic mass is 10.2. The van der Waals surface area contributed by atoms with Crippen molar-refractivity contribution in [3.8, 4) is 24.0 Å². The quantitative estimate of drug-likeness (QED) is 0.729. The first kappa shape index (κ1) is 15.5. The van der Waals surface area contributed by atoms with E-state index in [1.54, 1.807) is 24.3 Å². The molecule has 0 spiro atoms. The standard InChI is InChI=1S/C14H14N4O2/c15-4-6-18(7-5-16)10-13(19)11-20-14-3-1-2-12(8-14)9-17/h1-3,8,13,19H,6-7,10-11H2. The van der Waals surface area contributed by atoms with Crippen LogP contribution in [0.4, 0.5) is 0 Å². The van der Waals surface area contributed by atoms with Crippen LogP contribution >= 0.6 is 0 Å². The minimum Gasteiger partial charge on any atom is -0.491 e. The number of nitriles is 3. The van der Waals surface area contributed by atoms with Crippen molar-refractivity contribution >= 4 is 0 Å². The topological polar surface area (TPSA) is 104 Å². The summed E-state index contributed by atoms with van der Waals surface area (Å²) in [5.41, 5.74) is 0.479. The Morgan fingerprint density at radius 3 is 2.50 bits per heavy atom. The SMILES string of the molecule is N#CCN(CC#N)CC(O)COc1cccc(C#N)c1. The maximum absolute atomic E-state index is 9.81. The Hall–Kier alpha value is -2.59. The molecule has 0 amide bonds. The van der Waals surface area contributed by atoms with Gasteiger partial charge in [-0.2, -0.15) is 15.8 Å². The van der Waals surface area contributed by atoms with Gasteiger partial charge in [-0.25, -0.2) is 0 Å². The number of aliphatic hydroxyl groups excluding tert-OH is 1. The average molecular weight is 270 g/mol. The summed E-state index contributed by atoms with van der Waals surface area (Å²) in [6, 6.07) is 12.5. The van der Waals surface area contributed by atoms with E-state index in [-0.39, 0.29) is 26.2 Å². The first-order valence-corrected chi connectivity index (χ1v) is 5.97. The monoisotopic (exact) mass is 270 g/mol. The molecule has 1 N–H and O–H groups in total. The van der Waals surface area contributed by atoms with Crippen molar-refractivity contribution < 1.29 is 9.84 Å². The molecular formula is C14H14N4O2. The lowest BCUT2D eigenvalue weighted by Crippen LogP contribution is -2.36. The molecule has 0 saturated heterocycles. The third-order valence-corrected chi connectivity index (χ3v) is 2.46. The van der Waals surface area contributed by atoms with E-state index in [4.69, 9.17) is 20.5 Å². The van der Waals surface area contributed by atoms with Crippen LogP contribution in [0.15, 0.2) is 24.3 Å². The van der Waals surface area contributed by atoms with Crippen molar-refractivity contribution in [2.75, 3.05) is 26.2 Å². The van der Waals surface area contributed by atoms with Crippen molar-refractivity contribution in [2.45, 2.75) is 6.10 Å². The highest BCUT2D eigenvalue weighted by molar-refractivity contribution is 5.36. The third-order valence-electron chi connectivity index (χ3n) is 2.46. The summed E-state index contributed by atoms with van der Waals surface area (Å²) in [6.45, 7) is 0.365. The zero-order valence-corrected chi connectivity index (χ0v) is 10.9. The van der Waals surface area contributed by atoms with Crippen LogP contribution in [0.25, 0.3) is 0 Å². The molecule has 1 rings (SSSR count). The molecule has 0 heterocycles. The van der Waals surface area contributed by atoms with Crippen LogP contribution in [-0.4, -0.2) is 42.4 Å². The number of rotatable bonds is 7. The molecular weight excluding hydrogens is 256 g/mol. The molecule has 6 nitrogen and oxygen atoms in total. The van der Waals surface area contributed by atoms with Crippen LogP contribution in [-0.2, 0) is 0 Å². The largest absolute Gasteiger partial charge is 0.491 e. The molecule has 0 bridgehead atoms. The van der Waals surface area contributed by atoms with Gasteiger partial charge in [0.05, 0.1) is 36.9 Å². The molecule has 102 valence electrons. The van der Waals surface area contributed by atoms with Crippen LogP contribution in [0.5, 0.6) is 5.75 Å². The van der Waals surface area contributed by atoms with Crippen molar-refractivity contribution in [3.63, 3.8) is 0 Å². The summed E-state index contributed by atoms with van der Waals surface area (Å²) in [7, 11) is 0. The highest BCUT2D eigenvalue weighted by atomic mass is 16.5. The van der Waals surface area contributed by atoms with Crippen molar-refractivity contribution in [1.82, 2.24) is 4.90 Å². The number of ether oxygens (including phenoxy) is 1. The molecule has 1 aromatic rings. The molecule has 1 unspecified atom stereocenters. The molecule has 1 aromatic carbocycles. The Labute approximate surface area is 117 Å². The summed E-state index contributed by atoms with van der Waals surface area (Å²) in [4.78, 5) is 1.53. The number of benzene rings is 1. The molecule has 0 fully saturated rings. The number of hydrogen-bond acceptors (Lipinski definition) is 6. The van der Waals surface area contributed by atoms with E-state index in [1.807, 2.05) is 18.2 Å². The van der Waals surface area contributed by atoms with E-state index in [2.05, 4.69) is 0 Å². The van der Waals surface area contributed by atoms with Gasteiger partial charge >= 0.3 is 0 Å². The van der Waals surface area contributed by atoms with E-state index in [0.29, 0.717) is 11.3 Å². The van der Waals surface area contributed by atoms with Gasteiger partial charge in [-0.05, 0) is 18.2 Å². The predicted molar refractivity (Wildman–Crippen MR) is 70.3 cm³/mol. The van der Waals surface area contributed by atoms with Crippen LogP contribution in [0, 0.1) is 34.0 Å². The highest BCUT2D eigenvalue weighted by Crippen LogP contribution is 2.12. The molecule has 0 aliphatic rings. The van der Waals surface area contributed by atoms with Gasteiger partial charge in [0.2, 0.25) is 0 Å². The maximum Gasteiger partial charge on any atom is 0.120 e. The van der Waals surface area contributed by atoms with Crippen molar-refractivity contribution in [1.29, 1.82) is 15.8 Å². The second-order valence-corrected chi connectivity index (χ2v) is 4.09. The van der Waals surface area contributed by atoms with E-state index in [1.165, 1.54) is 4.90 Å².